The van der Waals surface area contributed by atoms with Gasteiger partial charge in [0.15, 0.2) is 0 Å². The second kappa shape index (κ2) is 7.47. The number of rotatable bonds is 5. The van der Waals surface area contributed by atoms with Crippen molar-refractivity contribution in [2.45, 2.75) is 19.8 Å². The number of para-hydroxylation sites is 1. The fraction of sp³-hybridized carbons (Fsp3) is 0.421. The minimum Gasteiger partial charge on any atom is -0.360 e. The topological polar surface area (TPSA) is 48.1 Å². The first-order chi connectivity index (χ1) is 11.3. The largest absolute Gasteiger partial charge is 0.360 e. The third-order valence-corrected chi connectivity index (χ3v) is 4.59. The van der Waals surface area contributed by atoms with E-state index in [0.29, 0.717) is 5.92 Å². The molecule has 0 radical (unpaired) electrons. The Hall–Kier alpha value is -2.07. The van der Waals surface area contributed by atoms with Crippen LogP contribution in [0.15, 0.2) is 42.6 Å². The number of allylic oxidation sites excluding steroid dienone is 1. The first-order valence-corrected chi connectivity index (χ1v) is 8.45. The SMILES string of the molecule is CC=CCN1CCCC(CNC(=O)c2c[nH]c3ccccc23)C1. The Morgan fingerprint density at radius 1 is 1.43 bits per heavy atom. The summed E-state index contributed by atoms with van der Waals surface area (Å²) in [4.78, 5) is 18.1. The number of hydrogen-bond donors (Lipinski definition) is 2. The van der Waals surface area contributed by atoms with Gasteiger partial charge in [0.2, 0.25) is 0 Å². The third-order valence-electron chi connectivity index (χ3n) is 4.59. The Morgan fingerprint density at radius 2 is 2.30 bits per heavy atom. The molecule has 0 bridgehead atoms. The van der Waals surface area contributed by atoms with Crippen molar-refractivity contribution in [2.24, 2.45) is 5.92 Å². The number of piperidine rings is 1. The van der Waals surface area contributed by atoms with Crippen LogP contribution in [0.25, 0.3) is 10.9 Å². The quantitative estimate of drug-likeness (QED) is 0.833. The van der Waals surface area contributed by atoms with Crippen molar-refractivity contribution in [3.63, 3.8) is 0 Å². The summed E-state index contributed by atoms with van der Waals surface area (Å²) < 4.78 is 0. The van der Waals surface area contributed by atoms with Crippen molar-refractivity contribution in [1.82, 2.24) is 15.2 Å². The van der Waals surface area contributed by atoms with Crippen LogP contribution in [0.2, 0.25) is 0 Å². The molecule has 3 rings (SSSR count). The molecule has 0 aliphatic carbocycles. The van der Waals surface area contributed by atoms with Crippen LogP contribution in [0, 0.1) is 5.92 Å². The lowest BCUT2D eigenvalue weighted by Crippen LogP contribution is -2.40. The summed E-state index contributed by atoms with van der Waals surface area (Å²) in [6.07, 6.45) is 8.51. The molecule has 1 fully saturated rings. The van der Waals surface area contributed by atoms with E-state index < -0.39 is 0 Å². The molecular weight excluding hydrogens is 286 g/mol. The second-order valence-corrected chi connectivity index (χ2v) is 6.29. The Kier molecular flexibility index (Phi) is 5.13. The lowest BCUT2D eigenvalue weighted by atomic mass is 9.98. The maximum atomic E-state index is 12.5. The van der Waals surface area contributed by atoms with Gasteiger partial charge in [0, 0.05) is 36.7 Å². The average molecular weight is 311 g/mol. The molecule has 2 N–H and O–H groups in total. The van der Waals surface area contributed by atoms with Gasteiger partial charge in [-0.1, -0.05) is 30.4 Å². The molecule has 4 nitrogen and oxygen atoms in total. The fourth-order valence-electron chi connectivity index (χ4n) is 3.33. The highest BCUT2D eigenvalue weighted by molar-refractivity contribution is 6.06. The van der Waals surface area contributed by atoms with Gasteiger partial charge in [0.1, 0.15) is 0 Å². The molecule has 1 amide bonds. The van der Waals surface area contributed by atoms with Gasteiger partial charge in [0.25, 0.3) is 5.91 Å². The van der Waals surface area contributed by atoms with Crippen LogP contribution in [-0.4, -0.2) is 42.0 Å². The molecule has 23 heavy (non-hydrogen) atoms. The molecule has 1 aliphatic rings. The summed E-state index contributed by atoms with van der Waals surface area (Å²) >= 11 is 0. The van der Waals surface area contributed by atoms with Crippen molar-refractivity contribution in [3.8, 4) is 0 Å². The van der Waals surface area contributed by atoms with Crippen molar-refractivity contribution >= 4 is 16.8 Å². The highest BCUT2D eigenvalue weighted by Gasteiger charge is 2.20. The molecule has 1 aliphatic heterocycles. The molecule has 2 aromatic rings. The van der Waals surface area contributed by atoms with Gasteiger partial charge in [-0.15, -0.1) is 0 Å². The first-order valence-electron chi connectivity index (χ1n) is 8.45. The lowest BCUT2D eigenvalue weighted by molar-refractivity contribution is 0.0936. The zero-order valence-electron chi connectivity index (χ0n) is 13.7. The molecule has 1 aromatic heterocycles. The third kappa shape index (κ3) is 3.82. The van der Waals surface area contributed by atoms with Crippen LogP contribution in [-0.2, 0) is 0 Å². The monoisotopic (exact) mass is 311 g/mol. The zero-order valence-corrected chi connectivity index (χ0v) is 13.7. The standard InChI is InChI=1S/C19H25N3O/c1-2-3-10-22-11-6-7-15(14-22)12-21-19(23)17-13-20-18-9-5-4-8-16(17)18/h2-5,8-9,13,15,20H,6-7,10-12,14H2,1H3,(H,21,23). The summed E-state index contributed by atoms with van der Waals surface area (Å²) in [5, 5.41) is 4.11. The van der Waals surface area contributed by atoms with Gasteiger partial charge >= 0.3 is 0 Å². The summed E-state index contributed by atoms with van der Waals surface area (Å²) in [6.45, 7) is 6.06. The molecule has 0 spiro atoms. The van der Waals surface area contributed by atoms with Crippen molar-refractivity contribution in [1.29, 1.82) is 0 Å². The minimum absolute atomic E-state index is 0.0213. The molecule has 122 valence electrons. The number of aromatic amines is 1. The molecular formula is C19H25N3O. The summed E-state index contributed by atoms with van der Waals surface area (Å²) in [5.41, 5.74) is 1.75. The second-order valence-electron chi connectivity index (χ2n) is 6.29. The van der Waals surface area contributed by atoms with Gasteiger partial charge < -0.3 is 10.3 Å². The molecule has 1 unspecified atom stereocenters. The highest BCUT2D eigenvalue weighted by atomic mass is 16.1. The number of nitrogens with zero attached hydrogens (tertiary/aromatic N) is 1. The molecule has 0 saturated carbocycles. The Labute approximate surface area is 137 Å². The molecule has 1 saturated heterocycles. The maximum Gasteiger partial charge on any atom is 0.253 e. The normalized spacial score (nSPS) is 19.4. The summed E-state index contributed by atoms with van der Waals surface area (Å²) in [6, 6.07) is 7.92. The number of aromatic nitrogens is 1. The van der Waals surface area contributed by atoms with E-state index in [0.717, 1.165) is 42.6 Å². The number of nitrogens with one attached hydrogen (secondary N) is 2. The van der Waals surface area contributed by atoms with E-state index >= 15 is 0 Å². The van der Waals surface area contributed by atoms with Crippen LogP contribution in [0.3, 0.4) is 0 Å². The number of likely N-dealkylation sites (tertiary alicyclic amines) is 1. The van der Waals surface area contributed by atoms with Crippen molar-refractivity contribution in [2.75, 3.05) is 26.2 Å². The number of amides is 1. The Morgan fingerprint density at radius 3 is 3.17 bits per heavy atom. The van der Waals surface area contributed by atoms with Crippen LogP contribution < -0.4 is 5.32 Å². The molecule has 4 heteroatoms. The first kappa shape index (κ1) is 15.8. The van der Waals surface area contributed by atoms with E-state index in [9.17, 15) is 4.79 Å². The van der Waals surface area contributed by atoms with E-state index in [1.54, 1.807) is 6.20 Å². The minimum atomic E-state index is 0.0213. The van der Waals surface area contributed by atoms with E-state index in [1.807, 2.05) is 24.3 Å². The molecule has 1 atom stereocenters. The number of hydrogen-bond acceptors (Lipinski definition) is 2. The predicted molar refractivity (Wildman–Crippen MR) is 94.6 cm³/mol. The zero-order chi connectivity index (χ0) is 16.1. The molecule has 1 aromatic carbocycles. The maximum absolute atomic E-state index is 12.5. The number of carbonyl (C=O) groups is 1. The van der Waals surface area contributed by atoms with Gasteiger partial charge in [0.05, 0.1) is 5.56 Å². The fourth-order valence-corrected chi connectivity index (χ4v) is 3.33. The van der Waals surface area contributed by atoms with Crippen molar-refractivity contribution in [3.05, 3.63) is 48.2 Å². The van der Waals surface area contributed by atoms with Gasteiger partial charge in [-0.05, 0) is 38.3 Å². The van der Waals surface area contributed by atoms with Crippen LogP contribution in [0.5, 0.6) is 0 Å². The Balaban J connectivity index is 1.56. The van der Waals surface area contributed by atoms with E-state index in [1.165, 1.54) is 12.8 Å². The number of H-pyrrole nitrogens is 1. The van der Waals surface area contributed by atoms with E-state index in [4.69, 9.17) is 0 Å². The van der Waals surface area contributed by atoms with Crippen molar-refractivity contribution < 1.29 is 4.79 Å². The van der Waals surface area contributed by atoms with E-state index in [2.05, 4.69) is 34.3 Å². The number of carbonyl (C=O) groups excluding carboxylic acids is 1. The van der Waals surface area contributed by atoms with Crippen LogP contribution in [0.1, 0.15) is 30.1 Å². The van der Waals surface area contributed by atoms with Gasteiger partial charge in [-0.2, -0.15) is 0 Å². The summed E-state index contributed by atoms with van der Waals surface area (Å²) in [5.74, 6) is 0.566. The smallest absolute Gasteiger partial charge is 0.253 e. The van der Waals surface area contributed by atoms with Crippen LogP contribution in [0.4, 0.5) is 0 Å². The van der Waals surface area contributed by atoms with Gasteiger partial charge in [-0.3, -0.25) is 9.69 Å². The highest BCUT2D eigenvalue weighted by Crippen LogP contribution is 2.19. The average Bonchev–Trinajstić information content (AvgIpc) is 3.02. The van der Waals surface area contributed by atoms with Gasteiger partial charge in [-0.25, -0.2) is 0 Å². The predicted octanol–water partition coefficient (Wildman–Crippen LogP) is 3.19. The van der Waals surface area contributed by atoms with E-state index in [-0.39, 0.29) is 5.91 Å². The Bertz CT molecular complexity index is 689. The lowest BCUT2D eigenvalue weighted by Gasteiger charge is -2.32. The number of fused-ring (bicyclic) bond motifs is 1. The summed E-state index contributed by atoms with van der Waals surface area (Å²) in [7, 11) is 0. The number of benzene rings is 1. The molecule has 2 heterocycles. The van der Waals surface area contributed by atoms with Crippen LogP contribution >= 0.6 is 0 Å².